The quantitative estimate of drug-likeness (QED) is 0.869. The molecule has 0 saturated heterocycles. The molecule has 96 valence electrons. The van der Waals surface area contributed by atoms with Crippen molar-refractivity contribution in [2.75, 3.05) is 7.11 Å². The Hall–Kier alpha value is -1.39. The van der Waals surface area contributed by atoms with E-state index < -0.39 is 0 Å². The van der Waals surface area contributed by atoms with Crippen LogP contribution < -0.4 is 10.5 Å². The third-order valence-corrected chi connectivity index (χ3v) is 3.85. The number of hydrogen-bond acceptors (Lipinski definition) is 4. The zero-order valence-corrected chi connectivity index (χ0v) is 11.3. The van der Waals surface area contributed by atoms with Crippen LogP contribution in [0.3, 0.4) is 0 Å². The van der Waals surface area contributed by atoms with E-state index in [2.05, 4.69) is 22.5 Å². The minimum Gasteiger partial charge on any atom is -0.495 e. The van der Waals surface area contributed by atoms with Crippen molar-refractivity contribution in [3.63, 3.8) is 0 Å². The molecule has 2 heterocycles. The minimum atomic E-state index is 0.0348. The number of hydrogen-bond donors (Lipinski definition) is 1. The fourth-order valence-electron chi connectivity index (χ4n) is 1.87. The van der Waals surface area contributed by atoms with E-state index in [1.807, 2.05) is 12.3 Å². The van der Waals surface area contributed by atoms with Gasteiger partial charge in [-0.2, -0.15) is 0 Å². The van der Waals surface area contributed by atoms with Crippen molar-refractivity contribution in [1.29, 1.82) is 0 Å². The molecule has 0 aromatic carbocycles. The number of aromatic nitrogens is 1. The lowest BCUT2D eigenvalue weighted by molar-refractivity contribution is 0.411. The van der Waals surface area contributed by atoms with Crippen LogP contribution in [0, 0.1) is 0 Å². The van der Waals surface area contributed by atoms with Crippen LogP contribution in [0.25, 0.3) is 0 Å². The fourth-order valence-corrected chi connectivity index (χ4v) is 2.62. The maximum atomic E-state index is 6.17. The molecule has 18 heavy (non-hydrogen) atoms. The molecule has 2 aromatic heterocycles. The van der Waals surface area contributed by atoms with Gasteiger partial charge < -0.3 is 10.5 Å². The van der Waals surface area contributed by atoms with Crippen LogP contribution in [0.15, 0.2) is 36.0 Å². The van der Waals surface area contributed by atoms with Gasteiger partial charge in [-0.3, -0.25) is 4.98 Å². The number of aryl methyl sites for hydroxylation is 1. The molecular formula is C14H18N2OS. The lowest BCUT2D eigenvalue weighted by Gasteiger charge is -2.12. The Morgan fingerprint density at radius 3 is 3.06 bits per heavy atom. The van der Waals surface area contributed by atoms with Crippen molar-refractivity contribution >= 4 is 11.3 Å². The molecule has 0 aliphatic rings. The van der Waals surface area contributed by atoms with Gasteiger partial charge in [0.25, 0.3) is 0 Å². The SMILES string of the molecule is COc1cncc(C(N)CCCc2cccs2)c1. The third-order valence-electron chi connectivity index (χ3n) is 2.92. The summed E-state index contributed by atoms with van der Waals surface area (Å²) >= 11 is 1.80. The van der Waals surface area contributed by atoms with E-state index >= 15 is 0 Å². The molecule has 0 saturated carbocycles. The number of ether oxygens (including phenoxy) is 1. The number of nitrogens with two attached hydrogens (primary N) is 1. The predicted molar refractivity (Wildman–Crippen MR) is 75.0 cm³/mol. The standard InChI is InChI=1S/C14H18N2OS/c1-17-12-8-11(9-16-10-12)14(15)6-2-4-13-5-3-7-18-13/h3,5,7-10,14H,2,4,6,15H2,1H3. The topological polar surface area (TPSA) is 48.1 Å². The first-order valence-electron chi connectivity index (χ1n) is 6.06. The van der Waals surface area contributed by atoms with E-state index in [9.17, 15) is 0 Å². The van der Waals surface area contributed by atoms with E-state index in [1.54, 1.807) is 24.6 Å². The molecule has 2 rings (SSSR count). The van der Waals surface area contributed by atoms with Gasteiger partial charge in [0.05, 0.1) is 13.3 Å². The molecule has 3 nitrogen and oxygen atoms in total. The normalized spacial score (nSPS) is 12.3. The lowest BCUT2D eigenvalue weighted by atomic mass is 10.0. The maximum absolute atomic E-state index is 6.17. The van der Waals surface area contributed by atoms with E-state index in [1.165, 1.54) is 4.88 Å². The lowest BCUT2D eigenvalue weighted by Crippen LogP contribution is -2.11. The van der Waals surface area contributed by atoms with E-state index in [0.29, 0.717) is 0 Å². The molecule has 0 bridgehead atoms. The summed E-state index contributed by atoms with van der Waals surface area (Å²) in [5.74, 6) is 0.765. The summed E-state index contributed by atoms with van der Waals surface area (Å²) in [6, 6.07) is 6.26. The van der Waals surface area contributed by atoms with Gasteiger partial charge in [-0.1, -0.05) is 6.07 Å². The van der Waals surface area contributed by atoms with Gasteiger partial charge in [0.15, 0.2) is 0 Å². The second-order valence-electron chi connectivity index (χ2n) is 4.24. The van der Waals surface area contributed by atoms with Crippen LogP contribution >= 0.6 is 11.3 Å². The molecule has 0 aliphatic heterocycles. The van der Waals surface area contributed by atoms with Gasteiger partial charge in [-0.05, 0) is 42.3 Å². The summed E-state index contributed by atoms with van der Waals surface area (Å²) in [7, 11) is 1.64. The molecule has 0 amide bonds. The monoisotopic (exact) mass is 262 g/mol. The van der Waals surface area contributed by atoms with Crippen LogP contribution in [0.2, 0.25) is 0 Å². The molecule has 2 aromatic rings. The summed E-state index contributed by atoms with van der Waals surface area (Å²) in [4.78, 5) is 5.55. The van der Waals surface area contributed by atoms with Crippen molar-refractivity contribution in [3.8, 4) is 5.75 Å². The van der Waals surface area contributed by atoms with Crippen LogP contribution in [0.5, 0.6) is 5.75 Å². The fraction of sp³-hybridized carbons (Fsp3) is 0.357. The Labute approximate surface area is 112 Å². The average molecular weight is 262 g/mol. The highest BCUT2D eigenvalue weighted by Gasteiger charge is 2.07. The first-order chi connectivity index (χ1) is 8.79. The van der Waals surface area contributed by atoms with Crippen molar-refractivity contribution in [3.05, 3.63) is 46.4 Å². The van der Waals surface area contributed by atoms with Gasteiger partial charge in [-0.15, -0.1) is 11.3 Å². The van der Waals surface area contributed by atoms with E-state index in [0.717, 1.165) is 30.6 Å². The zero-order valence-electron chi connectivity index (χ0n) is 10.5. The summed E-state index contributed by atoms with van der Waals surface area (Å²) in [6.07, 6.45) is 6.68. The molecular weight excluding hydrogens is 244 g/mol. The molecule has 0 spiro atoms. The van der Waals surface area contributed by atoms with Crippen LogP contribution in [0.4, 0.5) is 0 Å². The highest BCUT2D eigenvalue weighted by atomic mass is 32.1. The third kappa shape index (κ3) is 3.55. The van der Waals surface area contributed by atoms with Crippen LogP contribution in [-0.2, 0) is 6.42 Å². The van der Waals surface area contributed by atoms with Gasteiger partial charge in [0.1, 0.15) is 5.75 Å². The minimum absolute atomic E-state index is 0.0348. The number of thiophene rings is 1. The van der Waals surface area contributed by atoms with Crippen LogP contribution in [-0.4, -0.2) is 12.1 Å². The van der Waals surface area contributed by atoms with Gasteiger partial charge in [-0.25, -0.2) is 0 Å². The Morgan fingerprint density at radius 1 is 1.44 bits per heavy atom. The summed E-state index contributed by atoms with van der Waals surface area (Å²) in [6.45, 7) is 0. The van der Waals surface area contributed by atoms with Crippen molar-refractivity contribution in [2.24, 2.45) is 5.73 Å². The molecule has 0 fully saturated rings. The van der Waals surface area contributed by atoms with E-state index in [-0.39, 0.29) is 6.04 Å². The Kier molecular flexibility index (Phi) is 4.73. The van der Waals surface area contributed by atoms with Gasteiger partial charge >= 0.3 is 0 Å². The maximum Gasteiger partial charge on any atom is 0.137 e. The van der Waals surface area contributed by atoms with Gasteiger partial charge in [0, 0.05) is 17.1 Å². The Balaban J connectivity index is 1.85. The van der Waals surface area contributed by atoms with Crippen molar-refractivity contribution < 1.29 is 4.74 Å². The average Bonchev–Trinajstić information content (AvgIpc) is 2.92. The molecule has 1 atom stereocenters. The molecule has 0 radical (unpaired) electrons. The number of rotatable bonds is 6. The molecule has 0 aliphatic carbocycles. The highest BCUT2D eigenvalue weighted by molar-refractivity contribution is 7.09. The van der Waals surface area contributed by atoms with Crippen LogP contribution in [0.1, 0.15) is 29.3 Å². The zero-order chi connectivity index (χ0) is 12.8. The summed E-state index contributed by atoms with van der Waals surface area (Å²) < 4.78 is 5.15. The van der Waals surface area contributed by atoms with Crippen molar-refractivity contribution in [1.82, 2.24) is 4.98 Å². The number of methoxy groups -OCH3 is 1. The second kappa shape index (κ2) is 6.52. The molecule has 2 N–H and O–H groups in total. The molecule has 1 unspecified atom stereocenters. The highest BCUT2D eigenvalue weighted by Crippen LogP contribution is 2.21. The largest absolute Gasteiger partial charge is 0.495 e. The Bertz CT molecular complexity index is 470. The number of pyridine rings is 1. The predicted octanol–water partition coefficient (Wildman–Crippen LogP) is 3.17. The summed E-state index contributed by atoms with van der Waals surface area (Å²) in [5.41, 5.74) is 7.21. The van der Waals surface area contributed by atoms with E-state index in [4.69, 9.17) is 10.5 Å². The molecule has 4 heteroatoms. The smallest absolute Gasteiger partial charge is 0.137 e. The first kappa shape index (κ1) is 13.1. The first-order valence-corrected chi connectivity index (χ1v) is 6.94. The second-order valence-corrected chi connectivity index (χ2v) is 5.27. The number of nitrogens with zero attached hydrogens (tertiary/aromatic N) is 1. The van der Waals surface area contributed by atoms with Crippen molar-refractivity contribution in [2.45, 2.75) is 25.3 Å². The van der Waals surface area contributed by atoms with Gasteiger partial charge in [0.2, 0.25) is 0 Å². The Morgan fingerprint density at radius 2 is 2.33 bits per heavy atom. The summed E-state index contributed by atoms with van der Waals surface area (Å²) in [5, 5.41) is 2.11.